The largest absolute Gasteiger partial charge is 0.325 e. The lowest BCUT2D eigenvalue weighted by Crippen LogP contribution is -2.15. The predicted octanol–water partition coefficient (Wildman–Crippen LogP) is 4.08. The van der Waals surface area contributed by atoms with Crippen molar-refractivity contribution < 1.29 is 4.79 Å². The van der Waals surface area contributed by atoms with Crippen LogP contribution in [0.25, 0.3) is 0 Å². The zero-order valence-electron chi connectivity index (χ0n) is 11.3. The molecule has 3 nitrogen and oxygen atoms in total. The number of nitrogens with zero attached hydrogens (tertiary/aromatic N) is 1. The highest BCUT2D eigenvalue weighted by Gasteiger charge is 2.07. The van der Waals surface area contributed by atoms with Crippen molar-refractivity contribution in [2.24, 2.45) is 0 Å². The predicted molar refractivity (Wildman–Crippen MR) is 84.5 cm³/mol. The monoisotopic (exact) mass is 306 g/mol. The number of pyridine rings is 1. The van der Waals surface area contributed by atoms with Crippen molar-refractivity contribution in [3.8, 4) is 0 Å². The van der Waals surface area contributed by atoms with E-state index in [9.17, 15) is 4.79 Å². The van der Waals surface area contributed by atoms with Gasteiger partial charge in [-0.15, -0.1) is 0 Å². The summed E-state index contributed by atoms with van der Waals surface area (Å²) >= 11 is 7.43. The van der Waals surface area contributed by atoms with Gasteiger partial charge in [-0.2, -0.15) is 0 Å². The van der Waals surface area contributed by atoms with Crippen LogP contribution < -0.4 is 5.32 Å². The fraction of sp³-hybridized carbons (Fsp3) is 0.200. The third-order valence-corrected chi connectivity index (χ3v) is 4.13. The van der Waals surface area contributed by atoms with E-state index in [1.165, 1.54) is 11.8 Å². The van der Waals surface area contributed by atoms with Crippen LogP contribution in [-0.2, 0) is 4.79 Å². The molecule has 0 radical (unpaired) electrons. The van der Waals surface area contributed by atoms with Gasteiger partial charge in [0.25, 0.3) is 0 Å². The molecule has 20 heavy (non-hydrogen) atoms. The van der Waals surface area contributed by atoms with E-state index in [4.69, 9.17) is 11.6 Å². The van der Waals surface area contributed by atoms with Crippen LogP contribution in [-0.4, -0.2) is 16.6 Å². The summed E-state index contributed by atoms with van der Waals surface area (Å²) in [6.45, 7) is 3.86. The van der Waals surface area contributed by atoms with Crippen LogP contribution in [0.15, 0.2) is 41.6 Å². The Morgan fingerprint density at radius 1 is 1.30 bits per heavy atom. The Morgan fingerprint density at radius 3 is 2.80 bits per heavy atom. The second-order valence-electron chi connectivity index (χ2n) is 4.42. The van der Waals surface area contributed by atoms with Gasteiger partial charge in [0.05, 0.1) is 10.8 Å². The Morgan fingerprint density at radius 2 is 2.10 bits per heavy atom. The van der Waals surface area contributed by atoms with Crippen LogP contribution in [0, 0.1) is 13.8 Å². The van der Waals surface area contributed by atoms with Crippen molar-refractivity contribution in [1.82, 2.24) is 4.98 Å². The van der Waals surface area contributed by atoms with Crippen molar-refractivity contribution in [3.05, 3.63) is 52.7 Å². The van der Waals surface area contributed by atoms with Crippen molar-refractivity contribution in [1.29, 1.82) is 0 Å². The molecule has 1 N–H and O–H groups in total. The number of thioether (sulfide) groups is 1. The van der Waals surface area contributed by atoms with E-state index in [2.05, 4.69) is 10.3 Å². The van der Waals surface area contributed by atoms with Gasteiger partial charge >= 0.3 is 0 Å². The van der Waals surface area contributed by atoms with E-state index in [-0.39, 0.29) is 5.91 Å². The Hall–Kier alpha value is -1.52. The van der Waals surface area contributed by atoms with E-state index in [0.717, 1.165) is 21.8 Å². The second-order valence-corrected chi connectivity index (χ2v) is 5.83. The van der Waals surface area contributed by atoms with E-state index in [1.54, 1.807) is 12.3 Å². The van der Waals surface area contributed by atoms with Gasteiger partial charge in [-0.3, -0.25) is 4.79 Å². The molecular weight excluding hydrogens is 292 g/mol. The van der Waals surface area contributed by atoms with Crippen LogP contribution in [0.1, 0.15) is 11.1 Å². The lowest BCUT2D eigenvalue weighted by atomic mass is 10.2. The summed E-state index contributed by atoms with van der Waals surface area (Å²) < 4.78 is 0. The standard InChI is InChI=1S/C15H15ClN2OS/c1-10-6-7-15(17-8-10)20-9-14(19)18-13-5-3-4-12(16)11(13)2/h3-8H,9H2,1-2H3,(H,18,19). The van der Waals surface area contributed by atoms with E-state index in [1.807, 2.05) is 38.1 Å². The number of halogens is 1. The number of benzene rings is 1. The minimum absolute atomic E-state index is 0.0669. The third kappa shape index (κ3) is 3.99. The van der Waals surface area contributed by atoms with Gasteiger partial charge in [0, 0.05) is 16.9 Å². The summed E-state index contributed by atoms with van der Waals surface area (Å²) in [5.41, 5.74) is 2.73. The Balaban J connectivity index is 1.92. The van der Waals surface area contributed by atoms with E-state index in [0.29, 0.717) is 10.8 Å². The molecule has 1 aromatic carbocycles. The van der Waals surface area contributed by atoms with Crippen LogP contribution in [0.3, 0.4) is 0 Å². The molecule has 104 valence electrons. The number of nitrogens with one attached hydrogen (secondary N) is 1. The number of rotatable bonds is 4. The topological polar surface area (TPSA) is 42.0 Å². The van der Waals surface area contributed by atoms with Gasteiger partial charge in [0.1, 0.15) is 0 Å². The molecule has 0 saturated carbocycles. The van der Waals surface area contributed by atoms with Crippen LogP contribution in [0.5, 0.6) is 0 Å². The molecule has 0 atom stereocenters. The molecule has 0 unspecified atom stereocenters. The summed E-state index contributed by atoms with van der Waals surface area (Å²) in [7, 11) is 0. The molecular formula is C15H15ClN2OS. The molecule has 2 rings (SSSR count). The van der Waals surface area contributed by atoms with Crippen molar-refractivity contribution in [2.75, 3.05) is 11.1 Å². The van der Waals surface area contributed by atoms with Crippen LogP contribution >= 0.6 is 23.4 Å². The average Bonchev–Trinajstić information content (AvgIpc) is 2.43. The summed E-state index contributed by atoms with van der Waals surface area (Å²) in [6.07, 6.45) is 1.79. The zero-order valence-corrected chi connectivity index (χ0v) is 12.9. The minimum atomic E-state index is -0.0669. The molecule has 0 aliphatic carbocycles. The Kier molecular flexibility index (Phi) is 5.04. The Labute approximate surface area is 127 Å². The van der Waals surface area contributed by atoms with Gasteiger partial charge in [-0.25, -0.2) is 4.98 Å². The highest BCUT2D eigenvalue weighted by atomic mass is 35.5. The van der Waals surface area contributed by atoms with Gasteiger partial charge in [0.15, 0.2) is 0 Å². The first-order chi connectivity index (χ1) is 9.56. The number of carbonyl (C=O) groups excluding carboxylic acids is 1. The number of carbonyl (C=O) groups is 1. The van der Waals surface area contributed by atoms with Crippen LogP contribution in [0.4, 0.5) is 5.69 Å². The normalized spacial score (nSPS) is 10.3. The number of hydrogen-bond donors (Lipinski definition) is 1. The maximum atomic E-state index is 11.9. The number of aryl methyl sites for hydroxylation is 1. The van der Waals surface area contributed by atoms with E-state index >= 15 is 0 Å². The smallest absolute Gasteiger partial charge is 0.234 e. The molecule has 0 fully saturated rings. The number of aromatic nitrogens is 1. The maximum Gasteiger partial charge on any atom is 0.234 e. The zero-order chi connectivity index (χ0) is 14.5. The van der Waals surface area contributed by atoms with Gasteiger partial charge in [0.2, 0.25) is 5.91 Å². The highest BCUT2D eigenvalue weighted by Crippen LogP contribution is 2.23. The number of hydrogen-bond acceptors (Lipinski definition) is 3. The van der Waals surface area contributed by atoms with Crippen molar-refractivity contribution in [3.63, 3.8) is 0 Å². The molecule has 1 amide bonds. The summed E-state index contributed by atoms with van der Waals surface area (Å²) in [5.74, 6) is 0.255. The molecule has 0 aliphatic rings. The fourth-order valence-electron chi connectivity index (χ4n) is 1.61. The summed E-state index contributed by atoms with van der Waals surface area (Å²) in [6, 6.07) is 9.36. The molecule has 0 saturated heterocycles. The number of anilines is 1. The van der Waals surface area contributed by atoms with Gasteiger partial charge < -0.3 is 5.32 Å². The SMILES string of the molecule is Cc1ccc(SCC(=O)Nc2cccc(Cl)c2C)nc1. The average molecular weight is 307 g/mol. The van der Waals surface area contributed by atoms with Gasteiger partial charge in [-0.1, -0.05) is 35.5 Å². The molecule has 0 bridgehead atoms. The molecule has 5 heteroatoms. The fourth-order valence-corrected chi connectivity index (χ4v) is 2.43. The summed E-state index contributed by atoms with van der Waals surface area (Å²) in [4.78, 5) is 16.2. The second kappa shape index (κ2) is 6.77. The van der Waals surface area contributed by atoms with Gasteiger partial charge in [-0.05, 0) is 43.2 Å². The first-order valence-corrected chi connectivity index (χ1v) is 7.53. The quantitative estimate of drug-likeness (QED) is 0.865. The molecule has 1 heterocycles. The number of amides is 1. The summed E-state index contributed by atoms with van der Waals surface area (Å²) in [5, 5.41) is 4.35. The van der Waals surface area contributed by atoms with Crippen molar-refractivity contribution in [2.45, 2.75) is 18.9 Å². The lowest BCUT2D eigenvalue weighted by Gasteiger charge is -2.09. The first kappa shape index (κ1) is 14.9. The van der Waals surface area contributed by atoms with Crippen molar-refractivity contribution >= 4 is 35.0 Å². The maximum absolute atomic E-state index is 11.9. The van der Waals surface area contributed by atoms with Crippen LogP contribution in [0.2, 0.25) is 5.02 Å². The first-order valence-electron chi connectivity index (χ1n) is 6.16. The highest BCUT2D eigenvalue weighted by molar-refractivity contribution is 7.99. The Bertz CT molecular complexity index is 614. The molecule has 0 aliphatic heterocycles. The molecule has 2 aromatic rings. The third-order valence-electron chi connectivity index (χ3n) is 2.78. The molecule has 1 aromatic heterocycles. The molecule has 0 spiro atoms. The minimum Gasteiger partial charge on any atom is -0.325 e. The lowest BCUT2D eigenvalue weighted by molar-refractivity contribution is -0.113. The van der Waals surface area contributed by atoms with E-state index < -0.39 is 0 Å².